The van der Waals surface area contributed by atoms with Crippen molar-refractivity contribution < 1.29 is 14.7 Å². The lowest BCUT2D eigenvalue weighted by Gasteiger charge is -2.34. The topological polar surface area (TPSA) is 69.6 Å². The fourth-order valence-corrected chi connectivity index (χ4v) is 2.55. The normalized spacial score (nSPS) is 30.4. The van der Waals surface area contributed by atoms with Gasteiger partial charge in [-0.2, -0.15) is 0 Å². The zero-order chi connectivity index (χ0) is 11.5. The van der Waals surface area contributed by atoms with Gasteiger partial charge in [-0.3, -0.25) is 4.79 Å². The molecule has 1 unspecified atom stereocenters. The van der Waals surface area contributed by atoms with E-state index in [4.69, 9.17) is 5.11 Å². The Kier molecular flexibility index (Phi) is 3.43. The number of amides is 1. The van der Waals surface area contributed by atoms with Gasteiger partial charge in [0.15, 0.2) is 0 Å². The second kappa shape index (κ2) is 4.82. The first-order valence-corrected chi connectivity index (χ1v) is 5.97. The molecule has 5 heteroatoms. The number of carboxylic acid groups (broad SMARTS) is 1. The molecule has 0 spiro atoms. The summed E-state index contributed by atoms with van der Waals surface area (Å²) in [5, 5.41) is 12.2. The van der Waals surface area contributed by atoms with Crippen LogP contribution in [0.3, 0.4) is 0 Å². The van der Waals surface area contributed by atoms with Crippen molar-refractivity contribution >= 4 is 11.9 Å². The molecule has 2 rings (SSSR count). The number of aliphatic carboxylic acids is 1. The summed E-state index contributed by atoms with van der Waals surface area (Å²) in [7, 11) is 0. The first-order chi connectivity index (χ1) is 7.70. The summed E-state index contributed by atoms with van der Waals surface area (Å²) in [6.45, 7) is 1.45. The van der Waals surface area contributed by atoms with Gasteiger partial charge in [0.25, 0.3) is 0 Å². The van der Waals surface area contributed by atoms with Crippen LogP contribution >= 0.6 is 0 Å². The van der Waals surface area contributed by atoms with Crippen LogP contribution in [0.1, 0.15) is 32.1 Å². The van der Waals surface area contributed by atoms with Crippen LogP contribution < -0.4 is 5.32 Å². The molecule has 0 aliphatic carbocycles. The van der Waals surface area contributed by atoms with Gasteiger partial charge in [0.05, 0.1) is 6.04 Å². The molecule has 2 fully saturated rings. The van der Waals surface area contributed by atoms with E-state index in [1.165, 1.54) is 0 Å². The first-order valence-electron chi connectivity index (χ1n) is 5.97. The molecule has 0 aromatic rings. The summed E-state index contributed by atoms with van der Waals surface area (Å²) >= 11 is 0. The van der Waals surface area contributed by atoms with E-state index >= 15 is 0 Å². The number of carboxylic acids is 1. The number of likely N-dealkylation sites (tertiary alicyclic amines) is 1. The van der Waals surface area contributed by atoms with Gasteiger partial charge in [-0.1, -0.05) is 0 Å². The van der Waals surface area contributed by atoms with Crippen molar-refractivity contribution in [2.24, 2.45) is 0 Å². The molecular formula is C11H18N2O3. The fourth-order valence-electron chi connectivity index (χ4n) is 2.55. The standard InChI is InChI=1S/C11H18N2O3/c14-10(8-4-3-6-12-8)13-7-2-1-5-9(13)11(15)16/h8-9,12H,1-7H2,(H,15,16)/t8-,9?/m1/s1. The number of nitrogens with zero attached hydrogens (tertiary/aromatic N) is 1. The Morgan fingerprint density at radius 3 is 2.62 bits per heavy atom. The summed E-state index contributed by atoms with van der Waals surface area (Å²) in [6, 6.07) is -0.761. The van der Waals surface area contributed by atoms with Gasteiger partial charge in [-0.25, -0.2) is 4.79 Å². The smallest absolute Gasteiger partial charge is 0.326 e. The van der Waals surface area contributed by atoms with Gasteiger partial charge in [-0.15, -0.1) is 0 Å². The molecule has 2 aliphatic rings. The van der Waals surface area contributed by atoms with E-state index in [0.29, 0.717) is 13.0 Å². The van der Waals surface area contributed by atoms with Crippen LogP contribution in [0.15, 0.2) is 0 Å². The van der Waals surface area contributed by atoms with Crippen LogP contribution in [0.2, 0.25) is 0 Å². The van der Waals surface area contributed by atoms with Gasteiger partial charge >= 0.3 is 5.97 Å². The lowest BCUT2D eigenvalue weighted by Crippen LogP contribution is -2.53. The van der Waals surface area contributed by atoms with E-state index in [-0.39, 0.29) is 11.9 Å². The Bertz CT molecular complexity index is 287. The van der Waals surface area contributed by atoms with Crippen molar-refractivity contribution in [2.45, 2.75) is 44.2 Å². The molecule has 0 saturated carbocycles. The highest BCUT2D eigenvalue weighted by atomic mass is 16.4. The Morgan fingerprint density at radius 2 is 2.00 bits per heavy atom. The minimum atomic E-state index is -0.869. The quantitative estimate of drug-likeness (QED) is 0.706. The van der Waals surface area contributed by atoms with Gasteiger partial charge in [-0.05, 0) is 38.6 Å². The number of nitrogens with one attached hydrogen (secondary N) is 1. The Morgan fingerprint density at radius 1 is 1.19 bits per heavy atom. The number of carbonyl (C=O) groups excluding carboxylic acids is 1. The second-order valence-corrected chi connectivity index (χ2v) is 4.53. The Labute approximate surface area is 94.8 Å². The van der Waals surface area contributed by atoms with E-state index in [9.17, 15) is 9.59 Å². The van der Waals surface area contributed by atoms with Crippen molar-refractivity contribution in [3.8, 4) is 0 Å². The van der Waals surface area contributed by atoms with Crippen molar-refractivity contribution in [1.82, 2.24) is 10.2 Å². The number of hydrogen-bond acceptors (Lipinski definition) is 3. The minimum absolute atomic E-state index is 0.0235. The van der Waals surface area contributed by atoms with Crippen molar-refractivity contribution in [2.75, 3.05) is 13.1 Å². The summed E-state index contributed by atoms with van der Waals surface area (Å²) in [4.78, 5) is 24.7. The third-order valence-corrected chi connectivity index (χ3v) is 3.43. The third kappa shape index (κ3) is 2.19. The Hall–Kier alpha value is -1.10. The number of carbonyl (C=O) groups is 2. The average molecular weight is 226 g/mol. The van der Waals surface area contributed by atoms with Gasteiger partial charge < -0.3 is 15.3 Å². The zero-order valence-corrected chi connectivity index (χ0v) is 9.32. The minimum Gasteiger partial charge on any atom is -0.480 e. The first kappa shape index (κ1) is 11.4. The van der Waals surface area contributed by atoms with Gasteiger partial charge in [0.2, 0.25) is 5.91 Å². The molecule has 0 aromatic heterocycles. The van der Waals surface area contributed by atoms with Crippen LogP contribution in [0.25, 0.3) is 0 Å². The summed E-state index contributed by atoms with van der Waals surface area (Å²) in [5.74, 6) is -0.893. The maximum absolute atomic E-state index is 12.1. The molecule has 2 heterocycles. The largest absolute Gasteiger partial charge is 0.480 e. The molecule has 0 bridgehead atoms. The maximum atomic E-state index is 12.1. The zero-order valence-electron chi connectivity index (χ0n) is 9.32. The molecule has 0 radical (unpaired) electrons. The lowest BCUT2D eigenvalue weighted by atomic mass is 10.0. The lowest BCUT2D eigenvalue weighted by molar-refractivity contribution is -0.152. The SMILES string of the molecule is O=C(O)C1CCCCN1C(=O)[C@H]1CCCN1. The summed E-state index contributed by atoms with van der Waals surface area (Å²) < 4.78 is 0. The van der Waals surface area contributed by atoms with Crippen LogP contribution in [0.5, 0.6) is 0 Å². The van der Waals surface area contributed by atoms with E-state index in [2.05, 4.69) is 5.32 Å². The summed E-state index contributed by atoms with van der Waals surface area (Å²) in [5.41, 5.74) is 0. The highest BCUT2D eigenvalue weighted by Crippen LogP contribution is 2.20. The van der Waals surface area contributed by atoms with Crippen LogP contribution in [0.4, 0.5) is 0 Å². The average Bonchev–Trinajstić information content (AvgIpc) is 2.81. The van der Waals surface area contributed by atoms with Crippen LogP contribution in [-0.4, -0.2) is 47.1 Å². The van der Waals surface area contributed by atoms with E-state index in [0.717, 1.165) is 32.2 Å². The number of rotatable bonds is 2. The second-order valence-electron chi connectivity index (χ2n) is 4.53. The highest BCUT2D eigenvalue weighted by molar-refractivity contribution is 5.87. The van der Waals surface area contributed by atoms with Crippen LogP contribution in [-0.2, 0) is 9.59 Å². The van der Waals surface area contributed by atoms with Gasteiger partial charge in [0.1, 0.15) is 6.04 Å². The highest BCUT2D eigenvalue weighted by Gasteiger charge is 2.35. The molecule has 16 heavy (non-hydrogen) atoms. The fraction of sp³-hybridized carbons (Fsp3) is 0.818. The molecule has 1 amide bonds. The monoisotopic (exact) mass is 226 g/mol. The molecule has 5 nitrogen and oxygen atoms in total. The number of hydrogen-bond donors (Lipinski definition) is 2. The van der Waals surface area contributed by atoms with Crippen molar-refractivity contribution in [3.63, 3.8) is 0 Å². The molecule has 2 atom stereocenters. The van der Waals surface area contributed by atoms with E-state index in [1.807, 2.05) is 0 Å². The Balaban J connectivity index is 2.04. The maximum Gasteiger partial charge on any atom is 0.326 e. The molecular weight excluding hydrogens is 208 g/mol. The van der Waals surface area contributed by atoms with Crippen LogP contribution in [0, 0.1) is 0 Å². The van der Waals surface area contributed by atoms with Crippen molar-refractivity contribution in [1.29, 1.82) is 0 Å². The van der Waals surface area contributed by atoms with E-state index in [1.54, 1.807) is 4.90 Å². The predicted molar refractivity (Wildman–Crippen MR) is 58.0 cm³/mol. The molecule has 2 N–H and O–H groups in total. The predicted octanol–water partition coefficient (Wildman–Crippen LogP) is 0.204. The van der Waals surface area contributed by atoms with Gasteiger partial charge in [0, 0.05) is 6.54 Å². The van der Waals surface area contributed by atoms with Crippen molar-refractivity contribution in [3.05, 3.63) is 0 Å². The molecule has 2 saturated heterocycles. The number of piperidine rings is 1. The molecule has 90 valence electrons. The molecule has 2 aliphatic heterocycles. The van der Waals surface area contributed by atoms with E-state index < -0.39 is 12.0 Å². The summed E-state index contributed by atoms with van der Waals surface area (Å²) in [6.07, 6.45) is 4.25. The molecule has 0 aromatic carbocycles. The third-order valence-electron chi connectivity index (χ3n) is 3.43.